The number of aliphatic imine (C=N–C) groups is 1. The number of nitrogens with two attached hydrogens (primary N) is 1. The number of aryl methyl sites for hydroxylation is 1. The number of nitriles is 1. The Labute approximate surface area is 211 Å². The molecule has 2 aliphatic heterocycles. The molecule has 7 N–H and O–H groups in total. The summed E-state index contributed by atoms with van der Waals surface area (Å²) in [6, 6.07) is 11.8. The Kier molecular flexibility index (Phi) is 7.46. The maximum atomic E-state index is 11.1. The number of hydrogen-bond donors (Lipinski definition) is 6. The zero-order valence-electron chi connectivity index (χ0n) is 20.7. The van der Waals surface area contributed by atoms with Gasteiger partial charge in [-0.05, 0) is 60.7 Å². The Morgan fingerprint density at radius 3 is 2.89 bits per heavy atom. The number of benzene rings is 2. The van der Waals surface area contributed by atoms with E-state index >= 15 is 0 Å². The van der Waals surface area contributed by atoms with Gasteiger partial charge in [0.15, 0.2) is 0 Å². The molecule has 4 rings (SSSR count). The number of fused-ring (bicyclic) bond motifs is 1. The molecule has 0 spiro atoms. The summed E-state index contributed by atoms with van der Waals surface area (Å²) >= 11 is 0. The van der Waals surface area contributed by atoms with Crippen LogP contribution in [0.3, 0.4) is 0 Å². The van der Waals surface area contributed by atoms with E-state index in [-0.39, 0.29) is 12.5 Å². The number of aliphatic hydroxyl groups excluding tert-OH is 1. The highest BCUT2D eigenvalue weighted by Gasteiger charge is 2.35. The largest absolute Gasteiger partial charge is 0.397 e. The highest BCUT2D eigenvalue weighted by Crippen LogP contribution is 2.41. The Balaban J connectivity index is 1.49. The molecule has 0 saturated carbocycles. The van der Waals surface area contributed by atoms with E-state index < -0.39 is 5.41 Å². The maximum Gasteiger partial charge on any atom is 0.216 e. The molecule has 2 aromatic carbocycles. The number of carbonyl (C=O) groups is 1. The fourth-order valence-corrected chi connectivity index (χ4v) is 4.53. The second-order valence-electron chi connectivity index (χ2n) is 9.54. The van der Waals surface area contributed by atoms with Crippen molar-refractivity contribution in [2.45, 2.75) is 38.5 Å². The van der Waals surface area contributed by atoms with Crippen molar-refractivity contribution in [2.24, 2.45) is 4.99 Å². The summed E-state index contributed by atoms with van der Waals surface area (Å²) in [5.74, 6) is 0.563. The normalized spacial score (nSPS) is 18.2. The van der Waals surface area contributed by atoms with Crippen molar-refractivity contribution < 1.29 is 9.90 Å². The number of aliphatic hydroxyl groups is 1. The third-order valence-electron chi connectivity index (χ3n) is 6.67. The number of rotatable bonds is 8. The van der Waals surface area contributed by atoms with E-state index in [1.54, 1.807) is 0 Å². The first-order valence-electron chi connectivity index (χ1n) is 12.2. The van der Waals surface area contributed by atoms with E-state index in [0.29, 0.717) is 36.8 Å². The quantitative estimate of drug-likeness (QED) is 0.248. The minimum atomic E-state index is -0.392. The number of unbranched alkanes of at least 4 members (excludes halogenated alkanes) is 1. The van der Waals surface area contributed by atoms with Gasteiger partial charge in [0, 0.05) is 42.4 Å². The summed E-state index contributed by atoms with van der Waals surface area (Å²) in [5.41, 5.74) is 12.8. The van der Waals surface area contributed by atoms with Crippen LogP contribution >= 0.6 is 0 Å². The molecular formula is C27H33N7O2. The number of hydrogen-bond acceptors (Lipinski definition) is 8. The molecule has 9 heteroatoms. The van der Waals surface area contributed by atoms with Gasteiger partial charge in [0.2, 0.25) is 11.9 Å². The standard InChI is InChI=1S/C27H33N7O2/c1-17(36)30-9-4-3-5-19-7-6-18(14-28)11-24(19)34-26-31-10-8-23(33-26)20-12-21-25(22(29)13-20)32-15-27(21,2)16-35/h6-8,11-13,32,35H,3-5,9-10,15-16,29H2,1-2H3,(H,30,36)(H2,31,33,34)/t27-/m1/s1. The van der Waals surface area contributed by atoms with Gasteiger partial charge in [-0.15, -0.1) is 0 Å². The molecule has 1 amide bonds. The lowest BCUT2D eigenvalue weighted by Gasteiger charge is -2.24. The summed E-state index contributed by atoms with van der Waals surface area (Å²) in [6.45, 7) is 5.33. The molecule has 0 saturated heterocycles. The van der Waals surface area contributed by atoms with Crippen molar-refractivity contribution >= 4 is 34.6 Å². The van der Waals surface area contributed by atoms with Crippen LogP contribution in [-0.4, -0.2) is 43.2 Å². The van der Waals surface area contributed by atoms with Crippen molar-refractivity contribution in [1.82, 2.24) is 10.6 Å². The van der Waals surface area contributed by atoms with Crippen LogP contribution in [0.1, 0.15) is 48.9 Å². The topological polar surface area (TPSA) is 148 Å². The van der Waals surface area contributed by atoms with E-state index in [1.807, 2.05) is 37.3 Å². The maximum absolute atomic E-state index is 11.1. The molecule has 9 nitrogen and oxygen atoms in total. The lowest BCUT2D eigenvalue weighted by molar-refractivity contribution is -0.118. The van der Waals surface area contributed by atoms with Crippen LogP contribution in [0, 0.1) is 11.3 Å². The van der Waals surface area contributed by atoms with E-state index in [0.717, 1.165) is 53.0 Å². The highest BCUT2D eigenvalue weighted by atomic mass is 16.3. The van der Waals surface area contributed by atoms with Crippen molar-refractivity contribution in [3.05, 3.63) is 58.7 Å². The van der Waals surface area contributed by atoms with E-state index in [2.05, 4.69) is 38.4 Å². The Morgan fingerprint density at radius 2 is 2.14 bits per heavy atom. The fourth-order valence-electron chi connectivity index (χ4n) is 4.53. The molecule has 0 aromatic heterocycles. The van der Waals surface area contributed by atoms with Gasteiger partial charge in [0.05, 0.1) is 36.2 Å². The summed E-state index contributed by atoms with van der Waals surface area (Å²) in [4.78, 5) is 15.6. The van der Waals surface area contributed by atoms with Gasteiger partial charge in [0.1, 0.15) is 0 Å². The molecular weight excluding hydrogens is 454 g/mol. The second-order valence-corrected chi connectivity index (χ2v) is 9.54. The molecule has 1 atom stereocenters. The van der Waals surface area contributed by atoms with Crippen LogP contribution < -0.4 is 27.0 Å². The van der Waals surface area contributed by atoms with Gasteiger partial charge in [-0.2, -0.15) is 5.26 Å². The summed E-state index contributed by atoms with van der Waals surface area (Å²) in [6.07, 6.45) is 4.57. The highest BCUT2D eigenvalue weighted by molar-refractivity contribution is 6.01. The molecule has 0 fully saturated rings. The molecule has 2 aromatic rings. The molecule has 2 heterocycles. The van der Waals surface area contributed by atoms with Crippen molar-refractivity contribution in [2.75, 3.05) is 42.6 Å². The first kappa shape index (κ1) is 25.1. The zero-order valence-corrected chi connectivity index (χ0v) is 20.7. The van der Waals surface area contributed by atoms with Crippen LogP contribution in [0.4, 0.5) is 17.1 Å². The number of nitrogen functional groups attached to an aromatic ring is 1. The fraction of sp³-hybridized carbons (Fsp3) is 0.370. The number of nitrogens with one attached hydrogen (secondary N) is 4. The van der Waals surface area contributed by atoms with E-state index in [9.17, 15) is 15.2 Å². The van der Waals surface area contributed by atoms with Gasteiger partial charge >= 0.3 is 0 Å². The molecule has 0 radical (unpaired) electrons. The van der Waals surface area contributed by atoms with Crippen LogP contribution in [0.25, 0.3) is 5.70 Å². The molecule has 36 heavy (non-hydrogen) atoms. The van der Waals surface area contributed by atoms with Crippen molar-refractivity contribution in [3.63, 3.8) is 0 Å². The zero-order chi connectivity index (χ0) is 25.7. The van der Waals surface area contributed by atoms with Gasteiger partial charge in [0.25, 0.3) is 0 Å². The molecule has 188 valence electrons. The van der Waals surface area contributed by atoms with Gasteiger partial charge in [-0.3, -0.25) is 4.79 Å². The predicted octanol–water partition coefficient (Wildman–Crippen LogP) is 2.69. The van der Waals surface area contributed by atoms with E-state index in [1.165, 1.54) is 6.92 Å². The Morgan fingerprint density at radius 1 is 1.31 bits per heavy atom. The Bertz CT molecular complexity index is 1260. The summed E-state index contributed by atoms with van der Waals surface area (Å²) < 4.78 is 0. The lowest BCUT2D eigenvalue weighted by atomic mass is 9.84. The van der Waals surface area contributed by atoms with Crippen LogP contribution in [-0.2, 0) is 16.6 Å². The predicted molar refractivity (Wildman–Crippen MR) is 144 cm³/mol. The van der Waals surface area contributed by atoms with Gasteiger partial charge < -0.3 is 32.1 Å². The van der Waals surface area contributed by atoms with Crippen molar-refractivity contribution in [1.29, 1.82) is 5.26 Å². The van der Waals surface area contributed by atoms with Crippen LogP contribution in [0.5, 0.6) is 0 Å². The van der Waals surface area contributed by atoms with Crippen molar-refractivity contribution in [3.8, 4) is 6.07 Å². The SMILES string of the molecule is CC(=O)NCCCCc1ccc(C#N)cc1NC1=NCC=C(c2cc(N)c3c(c2)[C@@](C)(CO)CN3)N1. The average molecular weight is 488 g/mol. The lowest BCUT2D eigenvalue weighted by Crippen LogP contribution is -2.33. The minimum Gasteiger partial charge on any atom is -0.397 e. The molecule has 0 bridgehead atoms. The second kappa shape index (κ2) is 10.7. The Hall–Kier alpha value is -4.03. The van der Waals surface area contributed by atoms with Gasteiger partial charge in [-0.25, -0.2) is 4.99 Å². The third-order valence-corrected chi connectivity index (χ3v) is 6.67. The molecule has 2 aliphatic rings. The average Bonchev–Trinajstić information content (AvgIpc) is 3.22. The smallest absolute Gasteiger partial charge is 0.216 e. The monoisotopic (exact) mass is 487 g/mol. The number of amides is 1. The van der Waals surface area contributed by atoms with E-state index in [4.69, 9.17) is 5.73 Å². The summed E-state index contributed by atoms with van der Waals surface area (Å²) in [7, 11) is 0. The number of carbonyl (C=O) groups excluding carboxylic acids is 1. The van der Waals surface area contributed by atoms with Crippen LogP contribution in [0.15, 0.2) is 41.4 Å². The number of nitrogens with zero attached hydrogens (tertiary/aromatic N) is 2. The minimum absolute atomic E-state index is 0.0247. The van der Waals surface area contributed by atoms with Gasteiger partial charge in [-0.1, -0.05) is 13.0 Å². The first-order valence-corrected chi connectivity index (χ1v) is 12.2. The third kappa shape index (κ3) is 5.44. The summed E-state index contributed by atoms with van der Waals surface area (Å²) in [5, 5.41) is 32.3. The number of guanidine groups is 1. The molecule has 0 unspecified atom stereocenters. The van der Waals surface area contributed by atoms with Crippen LogP contribution in [0.2, 0.25) is 0 Å². The molecule has 0 aliphatic carbocycles. The number of anilines is 3. The first-order chi connectivity index (χ1) is 17.3.